The first-order chi connectivity index (χ1) is 9.83. The molecule has 2 rings (SSSR count). The van der Waals surface area contributed by atoms with E-state index < -0.39 is 26.2 Å². The van der Waals surface area contributed by atoms with Gasteiger partial charge >= 0.3 is 5.69 Å². The van der Waals surface area contributed by atoms with Crippen molar-refractivity contribution in [3.05, 3.63) is 27.0 Å². The van der Waals surface area contributed by atoms with E-state index >= 15 is 0 Å². The number of nitrogens with one attached hydrogen (secondary N) is 2. The molecule has 0 aliphatic carbocycles. The number of nitrogens with zero attached hydrogens (tertiary/aromatic N) is 2. The number of aromatic nitrogens is 2. The summed E-state index contributed by atoms with van der Waals surface area (Å²) in [5.41, 5.74) is -1.37. The maximum absolute atomic E-state index is 12.2. The summed E-state index contributed by atoms with van der Waals surface area (Å²) >= 11 is 0. The maximum atomic E-state index is 12.2. The van der Waals surface area contributed by atoms with Gasteiger partial charge in [-0.1, -0.05) is 0 Å². The van der Waals surface area contributed by atoms with Crippen molar-refractivity contribution in [1.29, 1.82) is 0 Å². The number of hydrogen-bond acceptors (Lipinski definition) is 5. The molecule has 1 unspecified atom stereocenters. The number of aryl methyl sites for hydroxylation is 1. The SMILES string of the molecule is Cl.Cn1cc(S(=O)(=O)NCCC2CCNC2)c(=O)n(C)c1=O. The van der Waals surface area contributed by atoms with Crippen LogP contribution in [0, 0.1) is 5.92 Å². The Labute approximate surface area is 135 Å². The van der Waals surface area contributed by atoms with Crippen molar-refractivity contribution < 1.29 is 8.42 Å². The summed E-state index contributed by atoms with van der Waals surface area (Å²) in [7, 11) is -1.24. The summed E-state index contributed by atoms with van der Waals surface area (Å²) in [5, 5.41) is 3.21. The van der Waals surface area contributed by atoms with Crippen molar-refractivity contribution in [2.75, 3.05) is 19.6 Å². The van der Waals surface area contributed by atoms with Crippen LogP contribution in [0.2, 0.25) is 0 Å². The summed E-state index contributed by atoms with van der Waals surface area (Å²) in [5.74, 6) is 0.454. The van der Waals surface area contributed by atoms with Crippen LogP contribution in [-0.2, 0) is 24.1 Å². The quantitative estimate of drug-likeness (QED) is 0.692. The Morgan fingerprint density at radius 2 is 2.05 bits per heavy atom. The summed E-state index contributed by atoms with van der Waals surface area (Å²) in [6.07, 6.45) is 2.81. The molecule has 0 aromatic carbocycles. The van der Waals surface area contributed by atoms with Gasteiger partial charge in [-0.25, -0.2) is 17.9 Å². The fourth-order valence-electron chi connectivity index (χ4n) is 2.40. The fourth-order valence-corrected chi connectivity index (χ4v) is 3.60. The molecule has 1 aromatic rings. The molecule has 22 heavy (non-hydrogen) atoms. The van der Waals surface area contributed by atoms with Gasteiger partial charge < -0.3 is 9.88 Å². The van der Waals surface area contributed by atoms with Gasteiger partial charge in [-0.2, -0.15) is 0 Å². The van der Waals surface area contributed by atoms with Crippen LogP contribution in [0.4, 0.5) is 0 Å². The Morgan fingerprint density at radius 1 is 1.36 bits per heavy atom. The van der Waals surface area contributed by atoms with E-state index in [1.807, 2.05) is 0 Å². The lowest BCUT2D eigenvalue weighted by atomic mass is 10.1. The van der Waals surface area contributed by atoms with Crippen LogP contribution in [0.5, 0.6) is 0 Å². The van der Waals surface area contributed by atoms with Crippen molar-refractivity contribution in [2.45, 2.75) is 17.7 Å². The van der Waals surface area contributed by atoms with E-state index in [0.717, 1.165) is 41.3 Å². The molecule has 1 atom stereocenters. The third-order valence-electron chi connectivity index (χ3n) is 3.71. The number of sulfonamides is 1. The molecular weight excluding hydrogens is 332 g/mol. The van der Waals surface area contributed by atoms with Crippen LogP contribution < -0.4 is 21.3 Å². The van der Waals surface area contributed by atoms with E-state index in [1.54, 1.807) is 0 Å². The molecule has 1 aromatic heterocycles. The lowest BCUT2D eigenvalue weighted by molar-refractivity contribution is 0.517. The van der Waals surface area contributed by atoms with Gasteiger partial charge in [-0.15, -0.1) is 12.4 Å². The second-order valence-electron chi connectivity index (χ2n) is 5.30. The second-order valence-corrected chi connectivity index (χ2v) is 7.03. The predicted molar refractivity (Wildman–Crippen MR) is 85.0 cm³/mol. The summed E-state index contributed by atoms with van der Waals surface area (Å²) in [6, 6.07) is 0. The summed E-state index contributed by atoms with van der Waals surface area (Å²) in [6.45, 7) is 2.13. The Bertz CT molecular complexity index is 734. The molecule has 126 valence electrons. The van der Waals surface area contributed by atoms with Gasteiger partial charge in [0.2, 0.25) is 10.0 Å². The van der Waals surface area contributed by atoms with E-state index in [9.17, 15) is 18.0 Å². The minimum atomic E-state index is -3.91. The number of halogens is 1. The number of rotatable bonds is 5. The molecule has 8 nitrogen and oxygen atoms in total. The van der Waals surface area contributed by atoms with Crippen LogP contribution in [-0.4, -0.2) is 37.2 Å². The standard InChI is InChI=1S/C12H20N4O4S.ClH/c1-15-8-10(11(17)16(2)12(15)18)21(19,20)14-6-4-9-3-5-13-7-9;/h8-9,13-14H,3-7H2,1-2H3;1H. The smallest absolute Gasteiger partial charge is 0.316 e. The van der Waals surface area contributed by atoms with Crippen LogP contribution in [0.15, 0.2) is 20.7 Å². The molecule has 0 radical (unpaired) electrons. The molecule has 1 aliphatic rings. The van der Waals surface area contributed by atoms with Gasteiger partial charge in [0.25, 0.3) is 5.56 Å². The molecule has 2 heterocycles. The van der Waals surface area contributed by atoms with E-state index in [4.69, 9.17) is 0 Å². The topological polar surface area (TPSA) is 102 Å². The van der Waals surface area contributed by atoms with E-state index in [0.29, 0.717) is 5.92 Å². The van der Waals surface area contributed by atoms with E-state index in [-0.39, 0.29) is 19.0 Å². The van der Waals surface area contributed by atoms with E-state index in [2.05, 4.69) is 10.0 Å². The molecule has 0 saturated carbocycles. The highest BCUT2D eigenvalue weighted by Crippen LogP contribution is 2.11. The minimum absolute atomic E-state index is 0. The predicted octanol–water partition coefficient (Wildman–Crippen LogP) is -1.22. The normalized spacial score (nSPS) is 18.2. The largest absolute Gasteiger partial charge is 0.330 e. The average Bonchev–Trinajstić information content (AvgIpc) is 2.93. The van der Waals surface area contributed by atoms with Gasteiger partial charge in [-0.05, 0) is 31.8 Å². The third-order valence-corrected chi connectivity index (χ3v) is 5.15. The zero-order valence-corrected chi connectivity index (χ0v) is 14.2. The van der Waals surface area contributed by atoms with Crippen LogP contribution in [0.1, 0.15) is 12.8 Å². The third kappa shape index (κ3) is 3.97. The van der Waals surface area contributed by atoms with Crippen molar-refractivity contribution in [2.24, 2.45) is 20.0 Å². The van der Waals surface area contributed by atoms with Gasteiger partial charge in [0, 0.05) is 26.8 Å². The molecule has 0 spiro atoms. The monoisotopic (exact) mass is 352 g/mol. The van der Waals surface area contributed by atoms with Crippen molar-refractivity contribution in [3.63, 3.8) is 0 Å². The molecule has 2 N–H and O–H groups in total. The van der Waals surface area contributed by atoms with Gasteiger partial charge in [0.15, 0.2) is 4.90 Å². The highest BCUT2D eigenvalue weighted by molar-refractivity contribution is 7.89. The van der Waals surface area contributed by atoms with Gasteiger partial charge in [-0.3, -0.25) is 9.36 Å². The Hall–Kier alpha value is -1.16. The molecule has 1 saturated heterocycles. The second kappa shape index (κ2) is 7.40. The van der Waals surface area contributed by atoms with Gasteiger partial charge in [0.05, 0.1) is 0 Å². The molecule has 0 amide bonds. The highest BCUT2D eigenvalue weighted by atomic mass is 35.5. The first-order valence-electron chi connectivity index (χ1n) is 6.80. The molecule has 1 fully saturated rings. The highest BCUT2D eigenvalue weighted by Gasteiger charge is 2.22. The minimum Gasteiger partial charge on any atom is -0.316 e. The van der Waals surface area contributed by atoms with Crippen LogP contribution >= 0.6 is 12.4 Å². The first kappa shape index (κ1) is 18.9. The lowest BCUT2D eigenvalue weighted by Gasteiger charge is -2.11. The molecule has 0 bridgehead atoms. The molecular formula is C12H21ClN4O4S. The maximum Gasteiger partial charge on any atom is 0.330 e. The summed E-state index contributed by atoms with van der Waals surface area (Å²) in [4.78, 5) is 23.1. The fraction of sp³-hybridized carbons (Fsp3) is 0.667. The first-order valence-corrected chi connectivity index (χ1v) is 8.28. The average molecular weight is 353 g/mol. The lowest BCUT2D eigenvalue weighted by Crippen LogP contribution is -2.41. The molecule has 1 aliphatic heterocycles. The molecule has 10 heteroatoms. The Balaban J connectivity index is 0.00000242. The van der Waals surface area contributed by atoms with Crippen molar-refractivity contribution in [1.82, 2.24) is 19.2 Å². The number of hydrogen-bond donors (Lipinski definition) is 2. The van der Waals surface area contributed by atoms with Gasteiger partial charge in [0.1, 0.15) is 0 Å². The van der Waals surface area contributed by atoms with Crippen molar-refractivity contribution in [3.8, 4) is 0 Å². The van der Waals surface area contributed by atoms with Crippen molar-refractivity contribution >= 4 is 22.4 Å². The van der Waals surface area contributed by atoms with E-state index in [1.165, 1.54) is 14.1 Å². The zero-order valence-electron chi connectivity index (χ0n) is 12.5. The Morgan fingerprint density at radius 3 is 2.64 bits per heavy atom. The zero-order chi connectivity index (χ0) is 15.6. The van der Waals surface area contributed by atoms with Crippen LogP contribution in [0.25, 0.3) is 0 Å². The van der Waals surface area contributed by atoms with Crippen LogP contribution in [0.3, 0.4) is 0 Å². The summed E-state index contributed by atoms with van der Waals surface area (Å²) < 4.78 is 28.7. The Kier molecular flexibility index (Phi) is 6.36.